The molecule has 1 rings (SSSR count). The van der Waals surface area contributed by atoms with Gasteiger partial charge in [0.2, 0.25) is 0 Å². The Morgan fingerprint density at radius 1 is 1.32 bits per heavy atom. The maximum atomic E-state index is 11.9. The summed E-state index contributed by atoms with van der Waals surface area (Å²) in [5, 5.41) is 10.9. The van der Waals surface area contributed by atoms with E-state index in [9.17, 15) is 9.59 Å². The summed E-state index contributed by atoms with van der Waals surface area (Å²) in [5.74, 6) is -0.903. The van der Waals surface area contributed by atoms with E-state index in [2.05, 4.69) is 5.32 Å². The first-order chi connectivity index (χ1) is 8.86. The zero-order valence-corrected chi connectivity index (χ0v) is 11.4. The maximum Gasteiger partial charge on any atom is 0.322 e. The van der Waals surface area contributed by atoms with E-state index in [4.69, 9.17) is 9.84 Å². The predicted molar refractivity (Wildman–Crippen MR) is 71.2 cm³/mol. The molecule has 0 aromatic heterocycles. The third kappa shape index (κ3) is 4.28. The molecule has 2 N–H and O–H groups in total. The average Bonchev–Trinajstić information content (AvgIpc) is 2.36. The molecule has 0 unspecified atom stereocenters. The van der Waals surface area contributed by atoms with Crippen molar-refractivity contribution in [2.24, 2.45) is 0 Å². The molecule has 0 fully saturated rings. The lowest BCUT2D eigenvalue weighted by molar-refractivity contribution is -0.141. The molecule has 1 aromatic carbocycles. The summed E-state index contributed by atoms with van der Waals surface area (Å²) in [5.41, 5.74) is -0.123. The van der Waals surface area contributed by atoms with Gasteiger partial charge in [-0.15, -0.1) is 0 Å². The number of carbonyl (C=O) groups excluding carboxylic acids is 1. The molecule has 0 saturated carbocycles. The van der Waals surface area contributed by atoms with E-state index in [-0.39, 0.29) is 0 Å². The lowest BCUT2D eigenvalue weighted by Gasteiger charge is -2.26. The van der Waals surface area contributed by atoms with Crippen LogP contribution < -0.4 is 10.1 Å². The second kappa shape index (κ2) is 6.22. The number of carboxylic acids is 1. The number of ether oxygens (including phenoxy) is 1. The van der Waals surface area contributed by atoms with Gasteiger partial charge < -0.3 is 15.2 Å². The summed E-state index contributed by atoms with van der Waals surface area (Å²) >= 11 is 0. The van der Waals surface area contributed by atoms with Crippen LogP contribution in [0.25, 0.3) is 0 Å². The third-order valence-corrected chi connectivity index (χ3v) is 2.67. The summed E-state index contributed by atoms with van der Waals surface area (Å²) < 4.78 is 5.71. The van der Waals surface area contributed by atoms with Crippen LogP contribution in [0.2, 0.25) is 0 Å². The van der Waals surface area contributed by atoms with Gasteiger partial charge in [0, 0.05) is 0 Å². The predicted octanol–water partition coefficient (Wildman–Crippen LogP) is 1.61. The number of aliphatic carboxylic acids is 1. The van der Waals surface area contributed by atoms with Crippen LogP contribution >= 0.6 is 0 Å². The van der Waals surface area contributed by atoms with Gasteiger partial charge in [-0.2, -0.15) is 0 Å². The number of aryl methyl sites for hydroxylation is 1. The Morgan fingerprint density at radius 3 is 2.53 bits per heavy atom. The standard InChI is InChI=1S/C14H19NO4/c1-4-10-7-5-6-8-11(10)19-14(2,3)13(18)15-9-12(16)17/h5-8H,4,9H2,1-3H3,(H,15,18)(H,16,17). The Hall–Kier alpha value is -2.04. The van der Waals surface area contributed by atoms with E-state index in [1.165, 1.54) is 0 Å². The molecule has 1 amide bonds. The summed E-state index contributed by atoms with van der Waals surface area (Å²) in [6.45, 7) is 4.80. The molecule has 1 aromatic rings. The lowest BCUT2D eigenvalue weighted by Crippen LogP contribution is -2.48. The smallest absolute Gasteiger partial charge is 0.322 e. The Balaban J connectivity index is 2.78. The van der Waals surface area contributed by atoms with Crippen LogP contribution in [-0.4, -0.2) is 29.1 Å². The van der Waals surface area contributed by atoms with E-state index in [1.807, 2.05) is 25.1 Å². The molecule has 0 aliphatic rings. The SMILES string of the molecule is CCc1ccccc1OC(C)(C)C(=O)NCC(=O)O. The third-order valence-electron chi connectivity index (χ3n) is 2.67. The van der Waals surface area contributed by atoms with Crippen molar-refractivity contribution in [1.29, 1.82) is 0 Å². The van der Waals surface area contributed by atoms with Crippen LogP contribution in [0.5, 0.6) is 5.75 Å². The highest BCUT2D eigenvalue weighted by molar-refractivity contribution is 5.87. The van der Waals surface area contributed by atoms with E-state index in [0.29, 0.717) is 5.75 Å². The van der Waals surface area contributed by atoms with E-state index in [0.717, 1.165) is 12.0 Å². The first kappa shape index (κ1) is 15.0. The van der Waals surface area contributed by atoms with Gasteiger partial charge in [0.15, 0.2) is 5.60 Å². The highest BCUT2D eigenvalue weighted by Crippen LogP contribution is 2.23. The van der Waals surface area contributed by atoms with Crippen LogP contribution in [-0.2, 0) is 16.0 Å². The second-order valence-electron chi connectivity index (χ2n) is 4.65. The van der Waals surface area contributed by atoms with Gasteiger partial charge in [0.25, 0.3) is 5.91 Å². The molecule has 0 spiro atoms. The van der Waals surface area contributed by atoms with Gasteiger partial charge in [-0.1, -0.05) is 25.1 Å². The zero-order valence-electron chi connectivity index (χ0n) is 11.4. The van der Waals surface area contributed by atoms with Crippen molar-refractivity contribution in [3.8, 4) is 5.75 Å². The number of benzene rings is 1. The largest absolute Gasteiger partial charge is 0.480 e. The molecule has 0 aliphatic heterocycles. The molecule has 0 bridgehead atoms. The highest BCUT2D eigenvalue weighted by atomic mass is 16.5. The van der Waals surface area contributed by atoms with Crippen LogP contribution in [0.1, 0.15) is 26.3 Å². The number of rotatable bonds is 6. The summed E-state index contributed by atoms with van der Waals surface area (Å²) in [6, 6.07) is 7.47. The Kier molecular flexibility index (Phi) is 4.92. The average molecular weight is 265 g/mol. The zero-order chi connectivity index (χ0) is 14.5. The lowest BCUT2D eigenvalue weighted by atomic mass is 10.1. The highest BCUT2D eigenvalue weighted by Gasteiger charge is 2.30. The normalized spacial score (nSPS) is 10.9. The first-order valence-electron chi connectivity index (χ1n) is 6.14. The summed E-state index contributed by atoms with van der Waals surface area (Å²) in [7, 11) is 0. The maximum absolute atomic E-state index is 11.9. The molecule has 0 radical (unpaired) electrons. The molecule has 5 heteroatoms. The minimum absolute atomic E-state index is 0.416. The van der Waals surface area contributed by atoms with Gasteiger partial charge in [-0.3, -0.25) is 9.59 Å². The van der Waals surface area contributed by atoms with Crippen molar-refractivity contribution in [3.63, 3.8) is 0 Å². The monoisotopic (exact) mass is 265 g/mol. The Morgan fingerprint density at radius 2 is 1.95 bits per heavy atom. The fourth-order valence-electron chi connectivity index (χ4n) is 1.59. The number of hydrogen-bond donors (Lipinski definition) is 2. The number of amides is 1. The van der Waals surface area contributed by atoms with Crippen LogP contribution in [0, 0.1) is 0 Å². The number of nitrogens with one attached hydrogen (secondary N) is 1. The van der Waals surface area contributed by atoms with Crippen LogP contribution in [0.4, 0.5) is 0 Å². The molecule has 0 atom stereocenters. The number of carbonyl (C=O) groups is 2. The molecule has 0 heterocycles. The Labute approximate surface area is 112 Å². The molecular formula is C14H19NO4. The van der Waals surface area contributed by atoms with Gasteiger partial charge in [-0.05, 0) is 31.9 Å². The number of hydrogen-bond acceptors (Lipinski definition) is 3. The number of para-hydroxylation sites is 1. The molecular weight excluding hydrogens is 246 g/mol. The van der Waals surface area contributed by atoms with Crippen molar-refractivity contribution in [2.45, 2.75) is 32.8 Å². The Bertz CT molecular complexity index is 468. The first-order valence-corrected chi connectivity index (χ1v) is 6.14. The topological polar surface area (TPSA) is 75.6 Å². The van der Waals surface area contributed by atoms with E-state index in [1.54, 1.807) is 19.9 Å². The summed E-state index contributed by atoms with van der Waals surface area (Å²) in [6.07, 6.45) is 0.795. The molecule has 0 aliphatic carbocycles. The fourth-order valence-corrected chi connectivity index (χ4v) is 1.59. The van der Waals surface area contributed by atoms with Gasteiger partial charge in [0.1, 0.15) is 12.3 Å². The van der Waals surface area contributed by atoms with Gasteiger partial charge >= 0.3 is 5.97 Å². The van der Waals surface area contributed by atoms with Gasteiger partial charge in [0.05, 0.1) is 0 Å². The minimum Gasteiger partial charge on any atom is -0.480 e. The molecule has 19 heavy (non-hydrogen) atoms. The quantitative estimate of drug-likeness (QED) is 0.819. The molecule has 104 valence electrons. The van der Waals surface area contributed by atoms with Crippen molar-refractivity contribution in [3.05, 3.63) is 29.8 Å². The fraction of sp³-hybridized carbons (Fsp3) is 0.429. The van der Waals surface area contributed by atoms with Gasteiger partial charge in [-0.25, -0.2) is 0 Å². The van der Waals surface area contributed by atoms with Crippen molar-refractivity contribution >= 4 is 11.9 Å². The van der Waals surface area contributed by atoms with E-state index >= 15 is 0 Å². The van der Waals surface area contributed by atoms with Crippen molar-refractivity contribution in [2.75, 3.05) is 6.54 Å². The summed E-state index contributed by atoms with van der Waals surface area (Å²) in [4.78, 5) is 22.3. The van der Waals surface area contributed by atoms with Crippen LogP contribution in [0.15, 0.2) is 24.3 Å². The molecule has 5 nitrogen and oxygen atoms in total. The van der Waals surface area contributed by atoms with Crippen molar-refractivity contribution < 1.29 is 19.4 Å². The second-order valence-corrected chi connectivity index (χ2v) is 4.65. The number of carboxylic acid groups (broad SMARTS) is 1. The van der Waals surface area contributed by atoms with Crippen molar-refractivity contribution in [1.82, 2.24) is 5.32 Å². The molecule has 0 saturated heterocycles. The van der Waals surface area contributed by atoms with E-state index < -0.39 is 24.0 Å². The minimum atomic E-state index is -1.12. The van der Waals surface area contributed by atoms with Crippen LogP contribution in [0.3, 0.4) is 0 Å².